The second-order valence-corrected chi connectivity index (χ2v) is 6.87. The summed E-state index contributed by atoms with van der Waals surface area (Å²) < 4.78 is 2.21. The smallest absolute Gasteiger partial charge is 0.206 e. The minimum absolute atomic E-state index is 0.264. The highest BCUT2D eigenvalue weighted by Crippen LogP contribution is 2.28. The van der Waals surface area contributed by atoms with Gasteiger partial charge in [-0.1, -0.05) is 30.3 Å². The average Bonchev–Trinajstić information content (AvgIpc) is 3.07. The molecule has 0 radical (unpaired) electrons. The molecular weight excluding hydrogens is 324 g/mol. The molecule has 5 nitrogen and oxygen atoms in total. The van der Waals surface area contributed by atoms with Crippen molar-refractivity contribution in [1.82, 2.24) is 9.55 Å². The highest BCUT2D eigenvalue weighted by atomic mass is 16.3. The molecule has 1 saturated heterocycles. The summed E-state index contributed by atoms with van der Waals surface area (Å²) in [5.74, 6) is 1.35. The van der Waals surface area contributed by atoms with Crippen molar-refractivity contribution in [1.29, 1.82) is 5.26 Å². The van der Waals surface area contributed by atoms with Crippen LogP contribution in [-0.4, -0.2) is 34.4 Å². The third kappa shape index (κ3) is 3.04. The van der Waals surface area contributed by atoms with Crippen LogP contribution in [0.1, 0.15) is 24.0 Å². The minimum atomic E-state index is 0.264. The molecule has 4 rings (SSSR count). The second-order valence-electron chi connectivity index (χ2n) is 6.87. The van der Waals surface area contributed by atoms with Crippen LogP contribution in [0.2, 0.25) is 0 Å². The van der Waals surface area contributed by atoms with Crippen LogP contribution >= 0.6 is 0 Å². The molecule has 0 unspecified atom stereocenters. The minimum Gasteiger partial charge on any atom is -0.396 e. The molecule has 1 aliphatic heterocycles. The maximum Gasteiger partial charge on any atom is 0.206 e. The largest absolute Gasteiger partial charge is 0.396 e. The fourth-order valence-corrected chi connectivity index (χ4v) is 3.71. The maximum atomic E-state index is 9.43. The predicted molar refractivity (Wildman–Crippen MR) is 102 cm³/mol. The van der Waals surface area contributed by atoms with Crippen LogP contribution in [0.15, 0.2) is 48.5 Å². The Bertz CT molecular complexity index is 948. The van der Waals surface area contributed by atoms with Gasteiger partial charge in [-0.3, -0.25) is 0 Å². The molecule has 0 saturated carbocycles. The van der Waals surface area contributed by atoms with Crippen molar-refractivity contribution < 1.29 is 5.11 Å². The molecule has 3 aromatic rings. The van der Waals surface area contributed by atoms with Crippen LogP contribution in [0.4, 0.5) is 5.95 Å². The predicted octanol–water partition coefficient (Wildman–Crippen LogP) is 3.16. The van der Waals surface area contributed by atoms with E-state index >= 15 is 0 Å². The average molecular weight is 346 g/mol. The first-order valence-electron chi connectivity index (χ1n) is 9.09. The molecule has 1 fully saturated rings. The number of rotatable bonds is 4. The zero-order valence-corrected chi connectivity index (χ0v) is 14.7. The van der Waals surface area contributed by atoms with Gasteiger partial charge in [-0.05, 0) is 42.5 Å². The Hall–Kier alpha value is -2.84. The summed E-state index contributed by atoms with van der Waals surface area (Å²) in [7, 11) is 0. The van der Waals surface area contributed by atoms with E-state index in [2.05, 4.69) is 21.6 Å². The lowest BCUT2D eigenvalue weighted by molar-refractivity contribution is 0.202. The molecule has 0 bridgehead atoms. The fourth-order valence-electron chi connectivity index (χ4n) is 3.71. The molecule has 1 N–H and O–H groups in total. The molecule has 1 aromatic heterocycles. The molecule has 26 heavy (non-hydrogen) atoms. The summed E-state index contributed by atoms with van der Waals surface area (Å²) >= 11 is 0. The van der Waals surface area contributed by atoms with Crippen molar-refractivity contribution >= 4 is 17.0 Å². The molecule has 132 valence electrons. The molecule has 0 aliphatic carbocycles. The number of hydrogen-bond acceptors (Lipinski definition) is 4. The van der Waals surface area contributed by atoms with E-state index in [0.717, 1.165) is 48.5 Å². The lowest BCUT2D eigenvalue weighted by Crippen LogP contribution is -2.36. The molecule has 5 heteroatoms. The Labute approximate surface area is 153 Å². The Morgan fingerprint density at radius 2 is 1.81 bits per heavy atom. The summed E-state index contributed by atoms with van der Waals surface area (Å²) in [5, 5.41) is 18.8. The van der Waals surface area contributed by atoms with Crippen molar-refractivity contribution in [2.45, 2.75) is 19.4 Å². The van der Waals surface area contributed by atoms with Crippen LogP contribution in [0, 0.1) is 17.2 Å². The molecule has 2 aromatic carbocycles. The van der Waals surface area contributed by atoms with Crippen LogP contribution in [0.25, 0.3) is 11.0 Å². The number of fused-ring (bicyclic) bond motifs is 1. The van der Waals surface area contributed by atoms with E-state index in [1.807, 2.05) is 42.5 Å². The van der Waals surface area contributed by atoms with Crippen molar-refractivity contribution in [3.8, 4) is 6.07 Å². The van der Waals surface area contributed by atoms with Gasteiger partial charge < -0.3 is 14.6 Å². The van der Waals surface area contributed by atoms with Gasteiger partial charge in [0.1, 0.15) is 0 Å². The van der Waals surface area contributed by atoms with Crippen molar-refractivity contribution in [2.75, 3.05) is 24.6 Å². The van der Waals surface area contributed by atoms with E-state index in [1.54, 1.807) is 0 Å². The van der Waals surface area contributed by atoms with Crippen molar-refractivity contribution in [2.24, 2.45) is 5.92 Å². The Balaban J connectivity index is 1.74. The Morgan fingerprint density at radius 1 is 1.08 bits per heavy atom. The number of para-hydroxylation sites is 2. The zero-order chi connectivity index (χ0) is 17.9. The SMILES string of the molecule is N#Cc1ccccc1Cn1c(N2CCC(CO)CC2)nc2ccccc21. The van der Waals surface area contributed by atoms with Gasteiger partial charge in [0.05, 0.1) is 29.2 Å². The van der Waals surface area contributed by atoms with Crippen LogP contribution in [0.5, 0.6) is 0 Å². The summed E-state index contributed by atoms with van der Waals surface area (Å²) in [4.78, 5) is 7.19. The van der Waals surface area contributed by atoms with Gasteiger partial charge in [-0.2, -0.15) is 5.26 Å². The summed E-state index contributed by atoms with van der Waals surface area (Å²) in [5.41, 5.74) is 3.76. The number of hydrogen-bond donors (Lipinski definition) is 1. The fraction of sp³-hybridized carbons (Fsp3) is 0.333. The molecule has 0 atom stereocenters. The van der Waals surface area contributed by atoms with Gasteiger partial charge in [0.25, 0.3) is 0 Å². The molecular formula is C21H22N4O. The van der Waals surface area contributed by atoms with Gasteiger partial charge in [0, 0.05) is 19.7 Å². The number of imidazole rings is 1. The third-order valence-corrected chi connectivity index (χ3v) is 5.26. The highest BCUT2D eigenvalue weighted by molar-refractivity contribution is 5.79. The van der Waals surface area contributed by atoms with E-state index in [1.165, 1.54) is 0 Å². The number of aliphatic hydroxyl groups is 1. The first-order chi connectivity index (χ1) is 12.8. The number of nitrogens with zero attached hydrogens (tertiary/aromatic N) is 4. The number of aliphatic hydroxyl groups excluding tert-OH is 1. The highest BCUT2D eigenvalue weighted by Gasteiger charge is 2.23. The Morgan fingerprint density at radius 3 is 2.58 bits per heavy atom. The van der Waals surface area contributed by atoms with E-state index in [9.17, 15) is 10.4 Å². The van der Waals surface area contributed by atoms with Gasteiger partial charge >= 0.3 is 0 Å². The first kappa shape index (κ1) is 16.6. The van der Waals surface area contributed by atoms with Crippen LogP contribution < -0.4 is 4.90 Å². The van der Waals surface area contributed by atoms with Gasteiger partial charge in [-0.15, -0.1) is 0 Å². The third-order valence-electron chi connectivity index (χ3n) is 5.26. The van der Waals surface area contributed by atoms with Gasteiger partial charge in [0.2, 0.25) is 5.95 Å². The lowest BCUT2D eigenvalue weighted by atomic mass is 9.98. The van der Waals surface area contributed by atoms with Crippen molar-refractivity contribution in [3.05, 3.63) is 59.7 Å². The standard InChI is InChI=1S/C21H22N4O/c22-13-17-5-1-2-6-18(17)14-25-20-8-4-3-7-19(20)23-21(25)24-11-9-16(15-26)10-12-24/h1-8,16,26H,9-12,14-15H2. The maximum absolute atomic E-state index is 9.43. The number of piperidine rings is 1. The first-order valence-corrected chi connectivity index (χ1v) is 9.09. The van der Waals surface area contributed by atoms with Gasteiger partial charge in [0.15, 0.2) is 0 Å². The number of anilines is 1. The quantitative estimate of drug-likeness (QED) is 0.788. The second kappa shape index (κ2) is 7.19. The normalized spacial score (nSPS) is 15.3. The van der Waals surface area contributed by atoms with E-state index < -0.39 is 0 Å². The van der Waals surface area contributed by atoms with Crippen LogP contribution in [0.3, 0.4) is 0 Å². The number of nitriles is 1. The Kier molecular flexibility index (Phi) is 4.59. The van der Waals surface area contributed by atoms with E-state index in [0.29, 0.717) is 18.0 Å². The monoisotopic (exact) mass is 346 g/mol. The number of benzene rings is 2. The zero-order valence-electron chi connectivity index (χ0n) is 14.7. The van der Waals surface area contributed by atoms with Crippen LogP contribution in [-0.2, 0) is 6.54 Å². The summed E-state index contributed by atoms with van der Waals surface area (Å²) in [6.45, 7) is 2.68. The number of aromatic nitrogens is 2. The summed E-state index contributed by atoms with van der Waals surface area (Å²) in [6, 6.07) is 18.2. The van der Waals surface area contributed by atoms with Crippen molar-refractivity contribution in [3.63, 3.8) is 0 Å². The van der Waals surface area contributed by atoms with Gasteiger partial charge in [-0.25, -0.2) is 4.98 Å². The van der Waals surface area contributed by atoms with E-state index in [4.69, 9.17) is 4.98 Å². The molecule has 0 amide bonds. The molecule has 1 aliphatic rings. The van der Waals surface area contributed by atoms with E-state index in [-0.39, 0.29) is 6.61 Å². The lowest BCUT2D eigenvalue weighted by Gasteiger charge is -2.32. The topological polar surface area (TPSA) is 65.1 Å². The summed E-state index contributed by atoms with van der Waals surface area (Å²) in [6.07, 6.45) is 1.96. The molecule has 2 heterocycles. The molecule has 0 spiro atoms.